The molecule has 2 heterocycles. The highest BCUT2D eigenvalue weighted by molar-refractivity contribution is 7.98. The quantitative estimate of drug-likeness (QED) is 0.799. The molecule has 1 saturated heterocycles. The van der Waals surface area contributed by atoms with Crippen molar-refractivity contribution in [1.82, 2.24) is 14.9 Å². The summed E-state index contributed by atoms with van der Waals surface area (Å²) in [6, 6.07) is 0.303. The van der Waals surface area contributed by atoms with Crippen molar-refractivity contribution in [2.45, 2.75) is 30.5 Å². The van der Waals surface area contributed by atoms with E-state index >= 15 is 0 Å². The minimum atomic E-state index is 0.245. The Hall–Kier alpha value is -0.650. The Morgan fingerprint density at radius 1 is 1.50 bits per heavy atom. The first-order valence-electron chi connectivity index (χ1n) is 5.54. The van der Waals surface area contributed by atoms with Gasteiger partial charge in [0, 0.05) is 25.0 Å². The number of aromatic nitrogens is 2. The average Bonchev–Trinajstić information content (AvgIpc) is 2.77. The van der Waals surface area contributed by atoms with Gasteiger partial charge in [0.15, 0.2) is 0 Å². The molecule has 0 aliphatic carbocycles. The lowest BCUT2D eigenvalue weighted by Crippen LogP contribution is -2.32. The van der Waals surface area contributed by atoms with Gasteiger partial charge in [0.2, 0.25) is 0 Å². The number of thioether (sulfide) groups is 1. The number of hydrogen-bond donors (Lipinski definition) is 1. The van der Waals surface area contributed by atoms with Crippen LogP contribution in [0.3, 0.4) is 0 Å². The average molecular weight is 239 g/mol. The first kappa shape index (κ1) is 11.8. The first-order valence-corrected chi connectivity index (χ1v) is 6.76. The Morgan fingerprint density at radius 3 is 3.06 bits per heavy atom. The summed E-state index contributed by atoms with van der Waals surface area (Å²) in [7, 11) is 0. The fourth-order valence-corrected chi connectivity index (χ4v) is 2.65. The van der Waals surface area contributed by atoms with E-state index in [1.165, 1.54) is 6.42 Å². The molecule has 0 amide bonds. The molecule has 2 rings (SSSR count). The molecule has 0 saturated carbocycles. The van der Waals surface area contributed by atoms with Crippen LogP contribution in [0.1, 0.15) is 18.5 Å². The van der Waals surface area contributed by atoms with E-state index in [4.69, 9.17) is 0 Å². The fraction of sp³-hybridized carbons (Fsp3) is 0.636. The predicted molar refractivity (Wildman–Crippen MR) is 64.3 cm³/mol. The molecule has 0 unspecified atom stereocenters. The zero-order valence-corrected chi connectivity index (χ0v) is 10.3. The van der Waals surface area contributed by atoms with Gasteiger partial charge in [0.1, 0.15) is 5.03 Å². The molecule has 0 aromatic carbocycles. The summed E-state index contributed by atoms with van der Waals surface area (Å²) >= 11 is 1.62. The van der Waals surface area contributed by atoms with E-state index in [-0.39, 0.29) is 6.61 Å². The van der Waals surface area contributed by atoms with Crippen LogP contribution in [0.2, 0.25) is 0 Å². The van der Waals surface area contributed by atoms with Crippen molar-refractivity contribution in [1.29, 1.82) is 0 Å². The zero-order valence-electron chi connectivity index (χ0n) is 9.46. The number of hydrogen-bond acceptors (Lipinski definition) is 5. The molecule has 1 aromatic rings. The van der Waals surface area contributed by atoms with Crippen molar-refractivity contribution in [2.75, 3.05) is 19.4 Å². The molecule has 1 fully saturated rings. The van der Waals surface area contributed by atoms with E-state index in [2.05, 4.69) is 14.9 Å². The van der Waals surface area contributed by atoms with Crippen LogP contribution in [0.4, 0.5) is 0 Å². The largest absolute Gasteiger partial charge is 0.395 e. The van der Waals surface area contributed by atoms with Gasteiger partial charge in [-0.3, -0.25) is 9.88 Å². The van der Waals surface area contributed by atoms with E-state index in [1.807, 2.05) is 6.26 Å². The highest BCUT2D eigenvalue weighted by Crippen LogP contribution is 2.22. The van der Waals surface area contributed by atoms with Crippen molar-refractivity contribution in [2.24, 2.45) is 0 Å². The summed E-state index contributed by atoms with van der Waals surface area (Å²) in [6.45, 7) is 2.10. The Labute approximate surface area is 100 Å². The highest BCUT2D eigenvalue weighted by atomic mass is 32.2. The van der Waals surface area contributed by atoms with Gasteiger partial charge in [-0.05, 0) is 25.6 Å². The van der Waals surface area contributed by atoms with E-state index < -0.39 is 0 Å². The minimum Gasteiger partial charge on any atom is -0.395 e. The molecule has 0 radical (unpaired) electrons. The molecule has 16 heavy (non-hydrogen) atoms. The third kappa shape index (κ3) is 2.53. The minimum absolute atomic E-state index is 0.245. The van der Waals surface area contributed by atoms with Crippen LogP contribution in [0.15, 0.2) is 17.4 Å². The lowest BCUT2D eigenvalue weighted by molar-refractivity contribution is 0.151. The monoisotopic (exact) mass is 239 g/mol. The maximum absolute atomic E-state index is 9.26. The van der Waals surface area contributed by atoms with Crippen LogP contribution in [-0.4, -0.2) is 45.4 Å². The van der Waals surface area contributed by atoms with Gasteiger partial charge in [-0.25, -0.2) is 4.98 Å². The van der Waals surface area contributed by atoms with Gasteiger partial charge in [0.25, 0.3) is 0 Å². The molecule has 88 valence electrons. The summed E-state index contributed by atoms with van der Waals surface area (Å²) in [5, 5.41) is 10.2. The second-order valence-electron chi connectivity index (χ2n) is 3.96. The number of aliphatic hydroxyl groups is 1. The first-order chi connectivity index (χ1) is 7.85. The van der Waals surface area contributed by atoms with E-state index in [0.717, 1.165) is 30.2 Å². The topological polar surface area (TPSA) is 49.2 Å². The molecule has 5 heteroatoms. The van der Waals surface area contributed by atoms with E-state index in [0.29, 0.717) is 6.04 Å². The summed E-state index contributed by atoms with van der Waals surface area (Å²) in [5.41, 5.74) is 1.02. The lowest BCUT2D eigenvalue weighted by atomic mass is 10.2. The number of likely N-dealkylation sites (tertiary alicyclic amines) is 1. The van der Waals surface area contributed by atoms with Crippen molar-refractivity contribution in [3.8, 4) is 0 Å². The molecular weight excluding hydrogens is 222 g/mol. The lowest BCUT2D eigenvalue weighted by Gasteiger charge is -2.22. The zero-order chi connectivity index (χ0) is 11.4. The van der Waals surface area contributed by atoms with Crippen LogP contribution in [0.5, 0.6) is 0 Å². The Kier molecular flexibility index (Phi) is 4.15. The number of rotatable bonds is 4. The molecule has 0 bridgehead atoms. The van der Waals surface area contributed by atoms with Crippen molar-refractivity contribution in [3.63, 3.8) is 0 Å². The van der Waals surface area contributed by atoms with Gasteiger partial charge in [-0.1, -0.05) is 0 Å². The molecule has 1 atom stereocenters. The Bertz CT molecular complexity index is 348. The summed E-state index contributed by atoms with van der Waals surface area (Å²) < 4.78 is 0. The molecule has 1 aliphatic rings. The van der Waals surface area contributed by atoms with Crippen LogP contribution in [0, 0.1) is 0 Å². The number of nitrogens with zero attached hydrogens (tertiary/aromatic N) is 3. The third-order valence-corrected chi connectivity index (χ3v) is 3.72. The van der Waals surface area contributed by atoms with E-state index in [1.54, 1.807) is 24.2 Å². The third-order valence-electron chi connectivity index (χ3n) is 2.99. The van der Waals surface area contributed by atoms with Gasteiger partial charge in [-0.15, -0.1) is 11.8 Å². The molecule has 1 aromatic heterocycles. The second-order valence-corrected chi connectivity index (χ2v) is 4.76. The molecule has 4 nitrogen and oxygen atoms in total. The van der Waals surface area contributed by atoms with Crippen molar-refractivity contribution >= 4 is 11.8 Å². The Morgan fingerprint density at radius 2 is 2.31 bits per heavy atom. The maximum atomic E-state index is 9.26. The molecule has 1 N–H and O–H groups in total. The highest BCUT2D eigenvalue weighted by Gasteiger charge is 2.24. The summed E-state index contributed by atoms with van der Waals surface area (Å²) in [6.07, 6.45) is 7.73. The van der Waals surface area contributed by atoms with Gasteiger partial charge in [0.05, 0.1) is 12.3 Å². The summed E-state index contributed by atoms with van der Waals surface area (Å²) in [4.78, 5) is 11.0. The smallest absolute Gasteiger partial charge is 0.119 e. The van der Waals surface area contributed by atoms with Gasteiger partial charge >= 0.3 is 0 Å². The van der Waals surface area contributed by atoms with Crippen LogP contribution >= 0.6 is 11.8 Å². The standard InChI is InChI=1S/C11H17N3OS/c1-16-11-10(12-4-5-13-11)7-14-6-2-3-9(14)8-15/h4-5,9,15H,2-3,6-8H2,1H3/t9-/m0/s1. The van der Waals surface area contributed by atoms with Crippen molar-refractivity contribution in [3.05, 3.63) is 18.1 Å². The van der Waals surface area contributed by atoms with Crippen molar-refractivity contribution < 1.29 is 5.11 Å². The Balaban J connectivity index is 2.08. The second kappa shape index (κ2) is 5.61. The normalized spacial score (nSPS) is 21.5. The number of aliphatic hydroxyl groups excluding tert-OH is 1. The van der Waals surface area contributed by atoms with Gasteiger partial charge in [-0.2, -0.15) is 0 Å². The van der Waals surface area contributed by atoms with Crippen LogP contribution in [-0.2, 0) is 6.54 Å². The molecule has 1 aliphatic heterocycles. The van der Waals surface area contributed by atoms with E-state index in [9.17, 15) is 5.11 Å². The fourth-order valence-electron chi connectivity index (χ4n) is 2.14. The maximum Gasteiger partial charge on any atom is 0.119 e. The molecular formula is C11H17N3OS. The predicted octanol–water partition coefficient (Wildman–Crippen LogP) is 1.16. The van der Waals surface area contributed by atoms with Crippen LogP contribution in [0.25, 0.3) is 0 Å². The van der Waals surface area contributed by atoms with Gasteiger partial charge < -0.3 is 5.11 Å². The molecule has 0 spiro atoms. The summed E-state index contributed by atoms with van der Waals surface area (Å²) in [5.74, 6) is 0. The van der Waals surface area contributed by atoms with Crippen LogP contribution < -0.4 is 0 Å². The SMILES string of the molecule is CSc1nccnc1CN1CCC[C@H]1CO.